The van der Waals surface area contributed by atoms with Crippen molar-refractivity contribution < 1.29 is 9.53 Å². The van der Waals surface area contributed by atoms with Crippen molar-refractivity contribution in [3.8, 4) is 5.75 Å². The van der Waals surface area contributed by atoms with Gasteiger partial charge in [0.25, 0.3) is 5.91 Å². The van der Waals surface area contributed by atoms with Crippen molar-refractivity contribution in [1.82, 2.24) is 4.90 Å². The molecule has 4 heteroatoms. The molecule has 0 unspecified atom stereocenters. The Hall–Kier alpha value is -1.71. The summed E-state index contributed by atoms with van der Waals surface area (Å²) in [6, 6.07) is 5.10. The molecule has 1 aromatic carbocycles. The number of benzene rings is 1. The zero-order valence-electron chi connectivity index (χ0n) is 10.7. The molecule has 0 radical (unpaired) electrons. The molecule has 1 aromatic rings. The largest absolute Gasteiger partial charge is 0.496 e. The number of carbonyl (C=O) groups excluding carboxylic acids is 1. The van der Waals surface area contributed by atoms with Gasteiger partial charge in [0.2, 0.25) is 0 Å². The normalized spacial score (nSPS) is 10.1. The summed E-state index contributed by atoms with van der Waals surface area (Å²) in [4.78, 5) is 13.9. The second kappa shape index (κ2) is 6.13. The number of amides is 1. The molecule has 1 rings (SSSR count). The Morgan fingerprint density at radius 3 is 2.76 bits per heavy atom. The van der Waals surface area contributed by atoms with Gasteiger partial charge in [-0.3, -0.25) is 4.79 Å². The zero-order valence-corrected chi connectivity index (χ0v) is 10.7. The second-order valence-corrected chi connectivity index (χ2v) is 4.04. The van der Waals surface area contributed by atoms with E-state index < -0.39 is 0 Å². The molecule has 2 N–H and O–H groups in total. The van der Waals surface area contributed by atoms with Gasteiger partial charge in [0.1, 0.15) is 5.75 Å². The van der Waals surface area contributed by atoms with Crippen molar-refractivity contribution in [2.45, 2.75) is 19.8 Å². The molecule has 94 valence electrons. The number of carbonyl (C=O) groups is 1. The van der Waals surface area contributed by atoms with Crippen LogP contribution < -0.4 is 10.5 Å². The van der Waals surface area contributed by atoms with E-state index in [0.29, 0.717) is 17.0 Å². The van der Waals surface area contributed by atoms with Crippen molar-refractivity contribution in [2.75, 3.05) is 26.4 Å². The molecule has 0 aromatic heterocycles. The lowest BCUT2D eigenvalue weighted by molar-refractivity contribution is 0.0790. The Morgan fingerprint density at radius 1 is 1.47 bits per heavy atom. The highest BCUT2D eigenvalue weighted by molar-refractivity contribution is 5.97. The number of rotatable bonds is 5. The Morgan fingerprint density at radius 2 is 2.18 bits per heavy atom. The summed E-state index contributed by atoms with van der Waals surface area (Å²) in [6.45, 7) is 2.84. The maximum Gasteiger partial charge on any atom is 0.257 e. The first-order valence-corrected chi connectivity index (χ1v) is 5.79. The molecule has 0 aliphatic carbocycles. The van der Waals surface area contributed by atoms with Crippen LogP contribution in [-0.2, 0) is 0 Å². The van der Waals surface area contributed by atoms with Crippen molar-refractivity contribution in [3.05, 3.63) is 23.8 Å². The molecule has 0 heterocycles. The van der Waals surface area contributed by atoms with Gasteiger partial charge in [0.05, 0.1) is 12.7 Å². The average Bonchev–Trinajstić information content (AvgIpc) is 2.34. The van der Waals surface area contributed by atoms with Crippen LogP contribution in [0.2, 0.25) is 0 Å². The summed E-state index contributed by atoms with van der Waals surface area (Å²) in [5, 5.41) is 0. The quantitative estimate of drug-likeness (QED) is 0.797. The lowest BCUT2D eigenvalue weighted by atomic mass is 10.1. The fourth-order valence-electron chi connectivity index (χ4n) is 1.60. The highest BCUT2D eigenvalue weighted by Gasteiger charge is 2.16. The summed E-state index contributed by atoms with van der Waals surface area (Å²) < 4.78 is 5.17. The third kappa shape index (κ3) is 3.37. The molecular formula is C13H20N2O2. The minimum Gasteiger partial charge on any atom is -0.496 e. The van der Waals surface area contributed by atoms with Crippen LogP contribution in [0.25, 0.3) is 0 Å². The number of nitrogens with zero attached hydrogens (tertiary/aromatic N) is 1. The molecule has 0 aliphatic heterocycles. The molecule has 1 amide bonds. The average molecular weight is 236 g/mol. The smallest absolute Gasteiger partial charge is 0.257 e. The van der Waals surface area contributed by atoms with Gasteiger partial charge in [-0.2, -0.15) is 0 Å². The first kappa shape index (κ1) is 13.4. The van der Waals surface area contributed by atoms with Crippen molar-refractivity contribution >= 4 is 11.6 Å². The number of hydrogen-bond donors (Lipinski definition) is 1. The van der Waals surface area contributed by atoms with Crippen LogP contribution >= 0.6 is 0 Å². The number of hydrogen-bond acceptors (Lipinski definition) is 3. The lowest BCUT2D eigenvalue weighted by Crippen LogP contribution is -2.28. The highest BCUT2D eigenvalue weighted by atomic mass is 16.5. The fraction of sp³-hybridized carbons (Fsp3) is 0.462. The van der Waals surface area contributed by atoms with Gasteiger partial charge in [-0.05, 0) is 24.6 Å². The van der Waals surface area contributed by atoms with Crippen molar-refractivity contribution in [3.63, 3.8) is 0 Å². The summed E-state index contributed by atoms with van der Waals surface area (Å²) in [5.74, 6) is 0.509. The number of unbranched alkanes of at least 4 members (excludes halogenated alkanes) is 1. The fourth-order valence-corrected chi connectivity index (χ4v) is 1.60. The third-order valence-electron chi connectivity index (χ3n) is 2.65. The molecule has 0 spiro atoms. The molecule has 4 nitrogen and oxygen atoms in total. The van der Waals surface area contributed by atoms with Gasteiger partial charge >= 0.3 is 0 Å². The third-order valence-corrected chi connectivity index (χ3v) is 2.65. The van der Waals surface area contributed by atoms with E-state index in [0.717, 1.165) is 19.4 Å². The highest BCUT2D eigenvalue weighted by Crippen LogP contribution is 2.22. The summed E-state index contributed by atoms with van der Waals surface area (Å²) in [5.41, 5.74) is 6.78. The van der Waals surface area contributed by atoms with Gasteiger partial charge in [-0.1, -0.05) is 13.3 Å². The summed E-state index contributed by atoms with van der Waals surface area (Å²) in [6.07, 6.45) is 2.05. The van der Waals surface area contributed by atoms with E-state index in [1.54, 1.807) is 37.3 Å². The predicted octanol–water partition coefficient (Wildman–Crippen LogP) is 2.15. The van der Waals surface area contributed by atoms with Crippen LogP contribution in [0.3, 0.4) is 0 Å². The molecule has 0 bridgehead atoms. The molecule has 17 heavy (non-hydrogen) atoms. The van der Waals surface area contributed by atoms with Crippen LogP contribution in [0.1, 0.15) is 30.1 Å². The van der Waals surface area contributed by atoms with Crippen LogP contribution in [0.15, 0.2) is 18.2 Å². The van der Waals surface area contributed by atoms with Crippen LogP contribution in [0.5, 0.6) is 5.75 Å². The van der Waals surface area contributed by atoms with Gasteiger partial charge in [0, 0.05) is 19.3 Å². The lowest BCUT2D eigenvalue weighted by Gasteiger charge is -2.18. The maximum absolute atomic E-state index is 12.2. The van der Waals surface area contributed by atoms with Crippen LogP contribution in [0, 0.1) is 0 Å². The second-order valence-electron chi connectivity index (χ2n) is 4.04. The summed E-state index contributed by atoms with van der Waals surface area (Å²) >= 11 is 0. The van der Waals surface area contributed by atoms with E-state index in [1.165, 1.54) is 0 Å². The van der Waals surface area contributed by atoms with Crippen LogP contribution in [0.4, 0.5) is 5.69 Å². The number of methoxy groups -OCH3 is 1. The number of anilines is 1. The van der Waals surface area contributed by atoms with Gasteiger partial charge < -0.3 is 15.4 Å². The van der Waals surface area contributed by atoms with Crippen molar-refractivity contribution in [1.29, 1.82) is 0 Å². The Balaban J connectivity index is 2.90. The van der Waals surface area contributed by atoms with E-state index in [4.69, 9.17) is 10.5 Å². The van der Waals surface area contributed by atoms with Gasteiger partial charge in [-0.15, -0.1) is 0 Å². The predicted molar refractivity (Wildman–Crippen MR) is 69.3 cm³/mol. The van der Waals surface area contributed by atoms with E-state index >= 15 is 0 Å². The van der Waals surface area contributed by atoms with E-state index in [2.05, 4.69) is 6.92 Å². The molecule has 0 saturated heterocycles. The SMILES string of the molecule is CCCCN(C)C(=O)c1cc(N)ccc1OC. The zero-order chi connectivity index (χ0) is 12.8. The van der Waals surface area contributed by atoms with Crippen LogP contribution in [-0.4, -0.2) is 31.5 Å². The molecular weight excluding hydrogens is 216 g/mol. The van der Waals surface area contributed by atoms with Gasteiger partial charge in [0.15, 0.2) is 0 Å². The Labute approximate surface area is 102 Å². The van der Waals surface area contributed by atoms with Crippen molar-refractivity contribution in [2.24, 2.45) is 0 Å². The Kier molecular flexibility index (Phi) is 4.82. The topological polar surface area (TPSA) is 55.6 Å². The number of ether oxygens (including phenoxy) is 1. The molecule has 0 aliphatic rings. The maximum atomic E-state index is 12.2. The van der Waals surface area contributed by atoms with E-state index in [-0.39, 0.29) is 5.91 Å². The Bertz CT molecular complexity index is 391. The minimum absolute atomic E-state index is 0.0531. The molecule has 0 saturated carbocycles. The molecule has 0 atom stereocenters. The number of nitrogens with two attached hydrogens (primary N) is 1. The molecule has 0 fully saturated rings. The van der Waals surface area contributed by atoms with Gasteiger partial charge in [-0.25, -0.2) is 0 Å². The standard InChI is InChI=1S/C13H20N2O2/c1-4-5-8-15(2)13(16)11-9-10(14)6-7-12(11)17-3/h6-7,9H,4-5,8,14H2,1-3H3. The van der Waals surface area contributed by atoms with E-state index in [1.807, 2.05) is 0 Å². The number of nitrogen functional groups attached to an aromatic ring is 1. The summed E-state index contributed by atoms with van der Waals surface area (Å²) in [7, 11) is 3.34. The first-order chi connectivity index (χ1) is 8.10. The monoisotopic (exact) mass is 236 g/mol. The van der Waals surface area contributed by atoms with E-state index in [9.17, 15) is 4.79 Å². The minimum atomic E-state index is -0.0531. The first-order valence-electron chi connectivity index (χ1n) is 5.79.